The van der Waals surface area contributed by atoms with Crippen LogP contribution in [0, 0.1) is 0 Å². The lowest BCUT2D eigenvalue weighted by Crippen LogP contribution is -2.23. The van der Waals surface area contributed by atoms with Crippen molar-refractivity contribution < 1.29 is 13.0 Å². The van der Waals surface area contributed by atoms with E-state index in [9.17, 15) is 8.42 Å². The van der Waals surface area contributed by atoms with Gasteiger partial charge in [0.2, 0.25) is 0 Å². The summed E-state index contributed by atoms with van der Waals surface area (Å²) in [5, 5.41) is 0. The molecule has 12 heavy (non-hydrogen) atoms. The van der Waals surface area contributed by atoms with Gasteiger partial charge in [-0.3, -0.25) is 4.55 Å². The zero-order valence-corrected chi connectivity index (χ0v) is 9.02. The SMILES string of the molecule is CCC[Si]CCCNS(=O)(=O)O. The van der Waals surface area contributed by atoms with Crippen molar-refractivity contribution in [2.24, 2.45) is 0 Å². The van der Waals surface area contributed by atoms with E-state index in [1.165, 1.54) is 12.5 Å². The summed E-state index contributed by atoms with van der Waals surface area (Å²) < 4.78 is 30.6. The molecule has 0 aliphatic rings. The first-order valence-electron chi connectivity index (χ1n) is 3.99. The molecule has 0 heterocycles. The summed E-state index contributed by atoms with van der Waals surface area (Å²) in [5.41, 5.74) is 0. The Morgan fingerprint density at radius 2 is 2.08 bits per heavy atom. The Balaban J connectivity index is 3.12. The van der Waals surface area contributed by atoms with Gasteiger partial charge in [-0.05, 0) is 6.42 Å². The molecule has 0 aliphatic carbocycles. The molecule has 0 bridgehead atoms. The molecule has 0 aromatic rings. The molecule has 0 aromatic carbocycles. The fraction of sp³-hybridized carbons (Fsp3) is 1.00. The topological polar surface area (TPSA) is 66.4 Å². The van der Waals surface area contributed by atoms with Gasteiger partial charge in [0.1, 0.15) is 0 Å². The van der Waals surface area contributed by atoms with Crippen LogP contribution in [-0.2, 0) is 10.3 Å². The first-order chi connectivity index (χ1) is 5.56. The van der Waals surface area contributed by atoms with Gasteiger partial charge in [-0.15, -0.1) is 0 Å². The average Bonchev–Trinajstić information content (AvgIpc) is 1.94. The maximum absolute atomic E-state index is 10.2. The monoisotopic (exact) mass is 209 g/mol. The van der Waals surface area contributed by atoms with Crippen LogP contribution in [0.2, 0.25) is 12.1 Å². The second kappa shape index (κ2) is 6.59. The minimum atomic E-state index is -3.96. The summed E-state index contributed by atoms with van der Waals surface area (Å²) in [5.74, 6) is 0. The zero-order valence-electron chi connectivity index (χ0n) is 7.21. The molecule has 72 valence electrons. The molecule has 6 heteroatoms. The van der Waals surface area contributed by atoms with E-state index in [1.807, 2.05) is 4.72 Å². The van der Waals surface area contributed by atoms with Crippen LogP contribution in [0.3, 0.4) is 0 Å². The summed E-state index contributed by atoms with van der Waals surface area (Å²) >= 11 is 0. The Hall–Kier alpha value is 0.0869. The predicted molar refractivity (Wildman–Crippen MR) is 49.8 cm³/mol. The molecule has 0 aliphatic heterocycles. The summed E-state index contributed by atoms with van der Waals surface area (Å²) in [4.78, 5) is 0. The van der Waals surface area contributed by atoms with Crippen molar-refractivity contribution in [3.8, 4) is 0 Å². The van der Waals surface area contributed by atoms with E-state index < -0.39 is 10.3 Å². The van der Waals surface area contributed by atoms with Gasteiger partial charge in [-0.25, -0.2) is 0 Å². The molecular weight excluding hydrogens is 194 g/mol. The summed E-state index contributed by atoms with van der Waals surface area (Å²) in [7, 11) is -3.05. The van der Waals surface area contributed by atoms with E-state index in [1.54, 1.807) is 0 Å². The molecule has 0 fully saturated rings. The molecular formula is C6H15NO3SSi. The maximum Gasteiger partial charge on any atom is 0.333 e. The van der Waals surface area contributed by atoms with Gasteiger partial charge in [-0.2, -0.15) is 13.1 Å². The van der Waals surface area contributed by atoms with Gasteiger partial charge in [0.25, 0.3) is 0 Å². The second-order valence-corrected chi connectivity index (χ2v) is 5.21. The second-order valence-electron chi connectivity index (χ2n) is 2.47. The lowest BCUT2D eigenvalue weighted by atomic mass is 10.5. The van der Waals surface area contributed by atoms with Crippen molar-refractivity contribution in [3.63, 3.8) is 0 Å². The molecule has 0 unspecified atom stereocenters. The lowest BCUT2D eigenvalue weighted by Gasteiger charge is -1.99. The van der Waals surface area contributed by atoms with Crippen molar-refractivity contribution in [2.75, 3.05) is 6.54 Å². The van der Waals surface area contributed by atoms with Crippen LogP contribution >= 0.6 is 0 Å². The smallest absolute Gasteiger partial charge is 0.273 e. The van der Waals surface area contributed by atoms with Gasteiger partial charge in [0.05, 0.1) is 0 Å². The fourth-order valence-electron chi connectivity index (χ4n) is 0.716. The van der Waals surface area contributed by atoms with Crippen LogP contribution in [0.1, 0.15) is 19.8 Å². The van der Waals surface area contributed by atoms with Crippen molar-refractivity contribution in [1.82, 2.24) is 4.72 Å². The molecule has 0 saturated heterocycles. The summed E-state index contributed by atoms with van der Waals surface area (Å²) in [6, 6.07) is 2.25. The first kappa shape index (κ1) is 12.1. The fourth-order valence-corrected chi connectivity index (χ4v) is 2.15. The van der Waals surface area contributed by atoms with E-state index in [2.05, 4.69) is 6.92 Å². The van der Waals surface area contributed by atoms with Gasteiger partial charge in [0, 0.05) is 16.1 Å². The predicted octanol–water partition coefficient (Wildman–Crippen LogP) is 0.720. The van der Waals surface area contributed by atoms with E-state index in [0.29, 0.717) is 6.54 Å². The maximum atomic E-state index is 10.2. The third kappa shape index (κ3) is 10.1. The molecule has 0 atom stereocenters. The molecule has 0 aromatic heterocycles. The Labute approximate surface area is 76.5 Å². The summed E-state index contributed by atoms with van der Waals surface area (Å²) in [6.45, 7) is 2.47. The van der Waals surface area contributed by atoms with Gasteiger partial charge >= 0.3 is 10.3 Å². The Bertz CT molecular complexity index is 193. The van der Waals surface area contributed by atoms with Gasteiger partial charge in [-0.1, -0.05) is 25.4 Å². The van der Waals surface area contributed by atoms with E-state index >= 15 is 0 Å². The highest BCUT2D eigenvalue weighted by Gasteiger charge is 2.00. The molecule has 4 nitrogen and oxygen atoms in total. The van der Waals surface area contributed by atoms with Crippen LogP contribution < -0.4 is 4.72 Å². The van der Waals surface area contributed by atoms with Crippen LogP contribution in [-0.4, -0.2) is 29.0 Å². The number of hydrogen-bond acceptors (Lipinski definition) is 2. The molecule has 0 saturated carbocycles. The van der Waals surface area contributed by atoms with Crippen molar-refractivity contribution in [1.29, 1.82) is 0 Å². The summed E-state index contributed by atoms with van der Waals surface area (Å²) in [6.07, 6.45) is 1.99. The molecule has 0 amide bonds. The van der Waals surface area contributed by atoms with Crippen LogP contribution in [0.5, 0.6) is 0 Å². The average molecular weight is 209 g/mol. The van der Waals surface area contributed by atoms with Crippen molar-refractivity contribution >= 4 is 19.8 Å². The van der Waals surface area contributed by atoms with E-state index in [4.69, 9.17) is 4.55 Å². The molecule has 0 spiro atoms. The highest BCUT2D eigenvalue weighted by Crippen LogP contribution is 1.94. The lowest BCUT2D eigenvalue weighted by molar-refractivity contribution is 0.467. The zero-order chi connectivity index (χ0) is 9.45. The van der Waals surface area contributed by atoms with Gasteiger partial charge < -0.3 is 0 Å². The number of nitrogens with one attached hydrogen (secondary N) is 1. The van der Waals surface area contributed by atoms with Gasteiger partial charge in [0.15, 0.2) is 0 Å². The standard InChI is InChI=1S/C6H15NO3SSi/c1-2-5-12-6-3-4-7-11(8,9)10/h7H,2-6H2,1H3,(H,8,9,10). The normalized spacial score (nSPS) is 11.8. The highest BCUT2D eigenvalue weighted by molar-refractivity contribution is 7.83. The van der Waals surface area contributed by atoms with Crippen LogP contribution in [0.25, 0.3) is 0 Å². The minimum absolute atomic E-state index is 0.343. The number of rotatable bonds is 7. The van der Waals surface area contributed by atoms with Crippen LogP contribution in [0.4, 0.5) is 0 Å². The quantitative estimate of drug-likeness (QED) is 0.369. The Morgan fingerprint density at radius 3 is 2.58 bits per heavy atom. The largest absolute Gasteiger partial charge is 0.333 e. The third-order valence-corrected chi connectivity index (χ3v) is 3.37. The molecule has 0 rings (SSSR count). The third-order valence-electron chi connectivity index (χ3n) is 1.24. The molecule has 2 N–H and O–H groups in total. The van der Waals surface area contributed by atoms with Crippen molar-refractivity contribution in [2.45, 2.75) is 31.9 Å². The number of hydrogen-bond donors (Lipinski definition) is 2. The van der Waals surface area contributed by atoms with Crippen molar-refractivity contribution in [3.05, 3.63) is 0 Å². The van der Waals surface area contributed by atoms with E-state index in [-0.39, 0.29) is 0 Å². The molecule has 2 radical (unpaired) electrons. The Morgan fingerprint density at radius 1 is 1.42 bits per heavy atom. The van der Waals surface area contributed by atoms with E-state index in [0.717, 1.165) is 22.0 Å². The minimum Gasteiger partial charge on any atom is -0.273 e. The Kier molecular flexibility index (Phi) is 6.63. The first-order valence-corrected chi connectivity index (χ1v) is 6.84. The van der Waals surface area contributed by atoms with Crippen LogP contribution in [0.15, 0.2) is 0 Å². The highest BCUT2D eigenvalue weighted by atomic mass is 32.2.